The molecule has 1 aliphatic heterocycles. The van der Waals surface area contributed by atoms with E-state index in [0.717, 1.165) is 40.0 Å². The summed E-state index contributed by atoms with van der Waals surface area (Å²) >= 11 is 1.57. The largest absolute Gasteiger partial charge is 0.493 e. The van der Waals surface area contributed by atoms with Crippen LogP contribution in [0.25, 0.3) is 11.3 Å². The van der Waals surface area contributed by atoms with E-state index in [1.807, 2.05) is 30.3 Å². The third-order valence-electron chi connectivity index (χ3n) is 4.70. The van der Waals surface area contributed by atoms with Crippen molar-refractivity contribution in [2.24, 2.45) is 4.99 Å². The second-order valence-corrected chi connectivity index (χ2v) is 8.20. The van der Waals surface area contributed by atoms with E-state index in [0.29, 0.717) is 5.75 Å². The van der Waals surface area contributed by atoms with Crippen LogP contribution in [0.15, 0.2) is 52.8 Å². The first-order valence-corrected chi connectivity index (χ1v) is 10.00. The van der Waals surface area contributed by atoms with Gasteiger partial charge in [-0.2, -0.15) is 0 Å². The Morgan fingerprint density at radius 3 is 2.46 bits per heavy atom. The van der Waals surface area contributed by atoms with Crippen LogP contribution >= 0.6 is 11.3 Å². The zero-order valence-corrected chi connectivity index (χ0v) is 17.3. The number of fused-ring (bicyclic) bond motifs is 1. The summed E-state index contributed by atoms with van der Waals surface area (Å²) in [5, 5.41) is 6.31. The number of anilines is 1. The third-order valence-corrected chi connectivity index (χ3v) is 5.46. The first-order chi connectivity index (χ1) is 13.5. The van der Waals surface area contributed by atoms with E-state index in [1.54, 1.807) is 25.6 Å². The molecule has 0 saturated heterocycles. The summed E-state index contributed by atoms with van der Waals surface area (Å²) in [6, 6.07) is 14.2. The number of hydrogen-bond acceptors (Lipinski definition) is 6. The first-order valence-electron chi connectivity index (χ1n) is 9.12. The Morgan fingerprint density at radius 1 is 1.04 bits per heavy atom. The fourth-order valence-electron chi connectivity index (χ4n) is 3.43. The molecule has 2 heterocycles. The number of thiazole rings is 1. The Balaban J connectivity index is 1.70. The number of ether oxygens (including phenoxy) is 2. The number of amidine groups is 1. The summed E-state index contributed by atoms with van der Waals surface area (Å²) in [5.74, 6) is 2.24. The molecule has 28 heavy (non-hydrogen) atoms. The standard InChI is InChI=1S/C22H23N3O2S/c1-22(2)12-15-10-18(26-3)19(27-4)11-16(15)20(25-22)24-21-23-17(13-28-21)14-8-6-5-7-9-14/h5-11,13H,12H2,1-4H3,(H,23,24,25). The van der Waals surface area contributed by atoms with Crippen LogP contribution in [0.2, 0.25) is 0 Å². The van der Waals surface area contributed by atoms with Crippen molar-refractivity contribution in [1.82, 2.24) is 4.98 Å². The minimum atomic E-state index is -0.214. The van der Waals surface area contributed by atoms with Gasteiger partial charge in [0, 0.05) is 16.5 Å². The molecule has 0 spiro atoms. The smallest absolute Gasteiger partial charge is 0.188 e. The molecule has 0 saturated carbocycles. The van der Waals surface area contributed by atoms with Gasteiger partial charge in [0.25, 0.3) is 0 Å². The molecule has 144 valence electrons. The zero-order chi connectivity index (χ0) is 19.7. The summed E-state index contributed by atoms with van der Waals surface area (Å²) in [6.45, 7) is 4.26. The van der Waals surface area contributed by atoms with Gasteiger partial charge in [0.1, 0.15) is 5.84 Å². The second kappa shape index (κ2) is 7.28. The molecule has 0 radical (unpaired) electrons. The predicted molar refractivity (Wildman–Crippen MR) is 115 cm³/mol. The van der Waals surface area contributed by atoms with Gasteiger partial charge in [-0.3, -0.25) is 4.99 Å². The molecule has 0 fully saturated rings. The van der Waals surface area contributed by atoms with E-state index >= 15 is 0 Å². The Hall–Kier alpha value is -2.86. The fourth-order valence-corrected chi connectivity index (χ4v) is 4.14. The van der Waals surface area contributed by atoms with Crippen molar-refractivity contribution in [2.45, 2.75) is 25.8 Å². The van der Waals surface area contributed by atoms with E-state index in [-0.39, 0.29) is 5.54 Å². The Bertz CT molecular complexity index is 1030. The van der Waals surface area contributed by atoms with Crippen molar-refractivity contribution in [3.8, 4) is 22.8 Å². The lowest BCUT2D eigenvalue weighted by molar-refractivity contribution is 0.353. The summed E-state index contributed by atoms with van der Waals surface area (Å²) < 4.78 is 11.0. The number of benzene rings is 2. The van der Waals surface area contributed by atoms with Crippen LogP contribution in [-0.2, 0) is 6.42 Å². The van der Waals surface area contributed by atoms with Gasteiger partial charge < -0.3 is 14.8 Å². The van der Waals surface area contributed by atoms with Crippen molar-refractivity contribution in [1.29, 1.82) is 0 Å². The van der Waals surface area contributed by atoms with E-state index in [2.05, 4.69) is 36.7 Å². The van der Waals surface area contributed by atoms with Crippen molar-refractivity contribution in [3.05, 3.63) is 59.0 Å². The average molecular weight is 394 g/mol. The highest BCUT2D eigenvalue weighted by atomic mass is 32.1. The van der Waals surface area contributed by atoms with Gasteiger partial charge in [-0.05, 0) is 38.0 Å². The monoisotopic (exact) mass is 393 g/mol. The van der Waals surface area contributed by atoms with E-state index in [4.69, 9.17) is 19.5 Å². The van der Waals surface area contributed by atoms with Gasteiger partial charge in [0.15, 0.2) is 16.6 Å². The SMILES string of the molecule is COc1cc2c(cc1OC)C(Nc1nc(-c3ccccc3)cs1)=NC(C)(C)C2. The van der Waals surface area contributed by atoms with E-state index in [1.165, 1.54) is 5.56 Å². The van der Waals surface area contributed by atoms with Gasteiger partial charge in [0.2, 0.25) is 0 Å². The molecule has 1 N–H and O–H groups in total. The van der Waals surface area contributed by atoms with Gasteiger partial charge in [-0.15, -0.1) is 11.3 Å². The summed E-state index contributed by atoms with van der Waals surface area (Å²) in [4.78, 5) is 9.68. The normalized spacial score (nSPS) is 14.8. The number of aromatic nitrogens is 1. The van der Waals surface area contributed by atoms with Crippen molar-refractivity contribution < 1.29 is 9.47 Å². The molecule has 0 atom stereocenters. The van der Waals surface area contributed by atoms with Crippen LogP contribution in [0.1, 0.15) is 25.0 Å². The van der Waals surface area contributed by atoms with Crippen LogP contribution in [0.4, 0.5) is 5.13 Å². The van der Waals surface area contributed by atoms with Crippen molar-refractivity contribution in [3.63, 3.8) is 0 Å². The number of aliphatic imine (C=N–C) groups is 1. The number of rotatable bonds is 4. The topological polar surface area (TPSA) is 55.7 Å². The number of nitrogens with one attached hydrogen (secondary N) is 1. The maximum Gasteiger partial charge on any atom is 0.188 e. The maximum atomic E-state index is 5.49. The third kappa shape index (κ3) is 3.60. The quantitative estimate of drug-likeness (QED) is 0.676. The number of methoxy groups -OCH3 is 2. The molecule has 1 aliphatic rings. The minimum absolute atomic E-state index is 0.214. The lowest BCUT2D eigenvalue weighted by Crippen LogP contribution is -2.32. The molecule has 3 aromatic rings. The van der Waals surface area contributed by atoms with Crippen LogP contribution in [0.5, 0.6) is 11.5 Å². The fraction of sp³-hybridized carbons (Fsp3) is 0.273. The lowest BCUT2D eigenvalue weighted by Gasteiger charge is -2.29. The average Bonchev–Trinajstić information content (AvgIpc) is 3.15. The number of nitrogens with zero attached hydrogens (tertiary/aromatic N) is 2. The molecule has 4 rings (SSSR count). The molecular formula is C22H23N3O2S. The molecule has 6 heteroatoms. The summed E-state index contributed by atoms with van der Waals surface area (Å²) in [6.07, 6.45) is 0.834. The molecule has 2 aromatic carbocycles. The number of hydrogen-bond donors (Lipinski definition) is 1. The highest BCUT2D eigenvalue weighted by molar-refractivity contribution is 7.14. The maximum absolute atomic E-state index is 5.49. The predicted octanol–water partition coefficient (Wildman–Crippen LogP) is 5.02. The van der Waals surface area contributed by atoms with Gasteiger partial charge >= 0.3 is 0 Å². The van der Waals surface area contributed by atoms with E-state index in [9.17, 15) is 0 Å². The minimum Gasteiger partial charge on any atom is -0.493 e. The first kappa shape index (κ1) is 18.5. The van der Waals surface area contributed by atoms with Crippen LogP contribution < -0.4 is 14.8 Å². The second-order valence-electron chi connectivity index (χ2n) is 7.34. The molecule has 0 bridgehead atoms. The van der Waals surface area contributed by atoms with Gasteiger partial charge in [-0.25, -0.2) is 4.98 Å². The molecule has 0 aliphatic carbocycles. The molecule has 0 unspecified atom stereocenters. The zero-order valence-electron chi connectivity index (χ0n) is 16.4. The molecule has 1 aromatic heterocycles. The van der Waals surface area contributed by atoms with Crippen molar-refractivity contribution in [2.75, 3.05) is 19.5 Å². The molecular weight excluding hydrogens is 370 g/mol. The Labute approximate surface area is 169 Å². The van der Waals surface area contributed by atoms with Crippen LogP contribution in [0.3, 0.4) is 0 Å². The summed E-state index contributed by atoms with van der Waals surface area (Å²) in [5.41, 5.74) is 4.04. The molecule has 5 nitrogen and oxygen atoms in total. The highest BCUT2D eigenvalue weighted by Gasteiger charge is 2.29. The van der Waals surface area contributed by atoms with Gasteiger partial charge in [-0.1, -0.05) is 30.3 Å². The Morgan fingerprint density at radius 2 is 1.75 bits per heavy atom. The van der Waals surface area contributed by atoms with E-state index < -0.39 is 0 Å². The van der Waals surface area contributed by atoms with Crippen LogP contribution in [0, 0.1) is 0 Å². The highest BCUT2D eigenvalue weighted by Crippen LogP contribution is 2.36. The van der Waals surface area contributed by atoms with Crippen LogP contribution in [-0.4, -0.2) is 30.6 Å². The Kier molecular flexibility index (Phi) is 4.81. The molecule has 0 amide bonds. The lowest BCUT2D eigenvalue weighted by atomic mass is 9.88. The van der Waals surface area contributed by atoms with Gasteiger partial charge in [0.05, 0.1) is 25.5 Å². The summed E-state index contributed by atoms with van der Waals surface area (Å²) in [7, 11) is 3.31. The van der Waals surface area contributed by atoms with Crippen molar-refractivity contribution >= 4 is 22.3 Å².